The average Bonchev–Trinajstić information content (AvgIpc) is 2.45. The highest BCUT2D eigenvalue weighted by atomic mass is 79.9. The molecule has 5 nitrogen and oxygen atoms in total. The van der Waals surface area contributed by atoms with E-state index < -0.39 is 18.0 Å². The molecule has 0 saturated carbocycles. The minimum atomic E-state index is -1.01. The maximum atomic E-state index is 12.1. The number of urea groups is 1. The average molecular weight is 357 g/mol. The summed E-state index contributed by atoms with van der Waals surface area (Å²) in [4.78, 5) is 24.8. The highest BCUT2D eigenvalue weighted by molar-refractivity contribution is 9.10. The van der Waals surface area contributed by atoms with E-state index in [4.69, 9.17) is 0 Å². The van der Waals surface area contributed by atoms with Gasteiger partial charge in [-0.1, -0.05) is 54.4 Å². The number of rotatable bonds is 6. The molecule has 0 fully saturated rings. The van der Waals surface area contributed by atoms with Crippen LogP contribution in [0.5, 0.6) is 0 Å². The van der Waals surface area contributed by atoms with Gasteiger partial charge in [-0.05, 0) is 17.5 Å². The molecule has 0 unspecified atom stereocenters. The van der Waals surface area contributed by atoms with Crippen LogP contribution in [0.25, 0.3) is 0 Å². The second-order valence-corrected chi connectivity index (χ2v) is 5.95. The van der Waals surface area contributed by atoms with Gasteiger partial charge in [-0.25, -0.2) is 9.59 Å². The van der Waals surface area contributed by atoms with Crippen molar-refractivity contribution < 1.29 is 14.7 Å². The van der Waals surface area contributed by atoms with Crippen molar-refractivity contribution in [2.45, 2.75) is 32.9 Å². The van der Waals surface area contributed by atoms with E-state index in [1.54, 1.807) is 7.05 Å². The van der Waals surface area contributed by atoms with E-state index in [2.05, 4.69) is 21.2 Å². The summed E-state index contributed by atoms with van der Waals surface area (Å²) < 4.78 is 0.918. The van der Waals surface area contributed by atoms with Gasteiger partial charge in [0.05, 0.1) is 0 Å². The van der Waals surface area contributed by atoms with Crippen molar-refractivity contribution in [3.05, 3.63) is 34.3 Å². The fourth-order valence-electron chi connectivity index (χ4n) is 1.88. The van der Waals surface area contributed by atoms with Gasteiger partial charge in [-0.2, -0.15) is 0 Å². The van der Waals surface area contributed by atoms with Crippen LogP contribution in [0, 0.1) is 5.92 Å². The molecule has 1 aromatic carbocycles. The minimum absolute atomic E-state index is 0.122. The van der Waals surface area contributed by atoms with Gasteiger partial charge in [0.25, 0.3) is 0 Å². The van der Waals surface area contributed by atoms with Crippen molar-refractivity contribution in [2.75, 3.05) is 7.05 Å². The van der Waals surface area contributed by atoms with Crippen molar-refractivity contribution >= 4 is 27.9 Å². The largest absolute Gasteiger partial charge is 0.480 e. The number of carboxylic acids is 1. The highest BCUT2D eigenvalue weighted by Crippen LogP contribution is 2.17. The summed E-state index contributed by atoms with van der Waals surface area (Å²) in [6, 6.07) is 6.35. The lowest BCUT2D eigenvalue weighted by atomic mass is 9.99. The standard InChI is InChI=1S/C15H21BrN2O3/c1-4-10(2)13(14(19)20)17-15(21)18(3)9-11-7-5-6-8-12(11)16/h5-8,10,13H,4,9H2,1-3H3,(H,17,21)(H,19,20)/t10-,13-/m0/s1. The first kappa shape index (κ1) is 17.5. The van der Waals surface area contributed by atoms with Crippen molar-refractivity contribution in [3.63, 3.8) is 0 Å². The first-order valence-electron chi connectivity index (χ1n) is 6.84. The molecular formula is C15H21BrN2O3. The predicted molar refractivity (Wildman–Crippen MR) is 85.0 cm³/mol. The molecule has 1 rings (SSSR count). The molecule has 0 aliphatic heterocycles. The van der Waals surface area contributed by atoms with Crippen molar-refractivity contribution in [2.24, 2.45) is 5.92 Å². The Hall–Kier alpha value is -1.56. The molecule has 0 spiro atoms. The van der Waals surface area contributed by atoms with Crippen LogP contribution >= 0.6 is 15.9 Å². The number of nitrogens with one attached hydrogen (secondary N) is 1. The van der Waals surface area contributed by atoms with Crippen LogP contribution in [-0.4, -0.2) is 35.1 Å². The molecule has 116 valence electrons. The summed E-state index contributed by atoms with van der Waals surface area (Å²) >= 11 is 3.43. The monoisotopic (exact) mass is 356 g/mol. The van der Waals surface area contributed by atoms with Gasteiger partial charge >= 0.3 is 12.0 Å². The van der Waals surface area contributed by atoms with Gasteiger partial charge < -0.3 is 15.3 Å². The van der Waals surface area contributed by atoms with E-state index in [9.17, 15) is 14.7 Å². The molecule has 2 atom stereocenters. The summed E-state index contributed by atoms with van der Waals surface area (Å²) in [6.07, 6.45) is 0.686. The van der Waals surface area contributed by atoms with Gasteiger partial charge in [-0.3, -0.25) is 0 Å². The van der Waals surface area contributed by atoms with Crippen LogP contribution in [0.4, 0.5) is 4.79 Å². The Morgan fingerprint density at radius 3 is 2.52 bits per heavy atom. The Morgan fingerprint density at radius 1 is 1.38 bits per heavy atom. The zero-order chi connectivity index (χ0) is 16.0. The lowest BCUT2D eigenvalue weighted by Crippen LogP contribution is -2.49. The quantitative estimate of drug-likeness (QED) is 0.822. The Labute approximate surface area is 133 Å². The minimum Gasteiger partial charge on any atom is -0.480 e. The molecule has 0 aliphatic rings. The molecule has 0 bridgehead atoms. The Kier molecular flexibility index (Phi) is 6.68. The number of carboxylic acid groups (broad SMARTS) is 1. The van der Waals surface area contributed by atoms with Crippen molar-refractivity contribution in [1.29, 1.82) is 0 Å². The van der Waals surface area contributed by atoms with Crippen LogP contribution in [0.2, 0.25) is 0 Å². The van der Waals surface area contributed by atoms with E-state index in [1.165, 1.54) is 4.90 Å². The number of hydrogen-bond donors (Lipinski definition) is 2. The molecule has 1 aromatic rings. The zero-order valence-corrected chi connectivity index (χ0v) is 14.1. The number of halogens is 1. The number of amides is 2. The fourth-order valence-corrected chi connectivity index (χ4v) is 2.29. The van der Waals surface area contributed by atoms with Gasteiger partial charge in [-0.15, -0.1) is 0 Å². The van der Waals surface area contributed by atoms with E-state index >= 15 is 0 Å². The third-order valence-corrected chi connectivity index (χ3v) is 4.24. The number of carbonyl (C=O) groups is 2. The third-order valence-electron chi connectivity index (χ3n) is 3.47. The normalized spacial score (nSPS) is 13.3. The first-order chi connectivity index (χ1) is 9.86. The molecule has 6 heteroatoms. The van der Waals surface area contributed by atoms with E-state index in [-0.39, 0.29) is 5.92 Å². The molecule has 0 aliphatic carbocycles. The van der Waals surface area contributed by atoms with Crippen LogP contribution < -0.4 is 5.32 Å². The maximum Gasteiger partial charge on any atom is 0.326 e. The van der Waals surface area contributed by atoms with Gasteiger partial charge in [0.15, 0.2) is 0 Å². The second-order valence-electron chi connectivity index (χ2n) is 5.10. The molecule has 2 N–H and O–H groups in total. The van der Waals surface area contributed by atoms with Gasteiger partial charge in [0, 0.05) is 18.1 Å². The Bertz CT molecular complexity index is 507. The highest BCUT2D eigenvalue weighted by Gasteiger charge is 2.26. The number of nitrogens with zero attached hydrogens (tertiary/aromatic N) is 1. The molecule has 2 amide bonds. The molecule has 0 saturated heterocycles. The summed E-state index contributed by atoms with van der Waals surface area (Å²) in [5.74, 6) is -1.13. The SMILES string of the molecule is CC[C@H](C)[C@H](NC(=O)N(C)Cc1ccccc1Br)C(=O)O. The molecule has 0 radical (unpaired) electrons. The van der Waals surface area contributed by atoms with Crippen LogP contribution in [0.3, 0.4) is 0 Å². The van der Waals surface area contributed by atoms with E-state index in [0.29, 0.717) is 13.0 Å². The molecule has 21 heavy (non-hydrogen) atoms. The zero-order valence-electron chi connectivity index (χ0n) is 12.5. The lowest BCUT2D eigenvalue weighted by Gasteiger charge is -2.24. The number of carbonyl (C=O) groups excluding carboxylic acids is 1. The summed E-state index contributed by atoms with van der Waals surface area (Å²) in [6.45, 7) is 4.12. The number of aliphatic carboxylic acids is 1. The maximum absolute atomic E-state index is 12.1. The summed E-state index contributed by atoms with van der Waals surface area (Å²) in [5, 5.41) is 11.8. The topological polar surface area (TPSA) is 69.6 Å². The van der Waals surface area contributed by atoms with Gasteiger partial charge in [0.1, 0.15) is 6.04 Å². The third kappa shape index (κ3) is 5.04. The Balaban J connectivity index is 2.70. The predicted octanol–water partition coefficient (Wildman–Crippen LogP) is 3.09. The van der Waals surface area contributed by atoms with Crippen molar-refractivity contribution in [1.82, 2.24) is 10.2 Å². The fraction of sp³-hybridized carbons (Fsp3) is 0.467. The molecule has 0 aromatic heterocycles. The number of hydrogen-bond acceptors (Lipinski definition) is 2. The summed E-state index contributed by atoms with van der Waals surface area (Å²) in [7, 11) is 1.64. The van der Waals surface area contributed by atoms with Crippen LogP contribution in [0.1, 0.15) is 25.8 Å². The Morgan fingerprint density at radius 2 is 2.00 bits per heavy atom. The summed E-state index contributed by atoms with van der Waals surface area (Å²) in [5.41, 5.74) is 0.963. The number of benzene rings is 1. The first-order valence-corrected chi connectivity index (χ1v) is 7.64. The van der Waals surface area contributed by atoms with E-state index in [1.807, 2.05) is 38.1 Å². The van der Waals surface area contributed by atoms with E-state index in [0.717, 1.165) is 10.0 Å². The lowest BCUT2D eigenvalue weighted by molar-refractivity contribution is -0.140. The van der Waals surface area contributed by atoms with Crippen LogP contribution in [0.15, 0.2) is 28.7 Å². The second kappa shape index (κ2) is 8.02. The van der Waals surface area contributed by atoms with Crippen LogP contribution in [-0.2, 0) is 11.3 Å². The molecular weight excluding hydrogens is 336 g/mol. The van der Waals surface area contributed by atoms with Gasteiger partial charge in [0.2, 0.25) is 0 Å². The van der Waals surface area contributed by atoms with Crippen molar-refractivity contribution in [3.8, 4) is 0 Å². The smallest absolute Gasteiger partial charge is 0.326 e. The molecule has 0 heterocycles.